The van der Waals surface area contributed by atoms with Crippen molar-refractivity contribution in [2.75, 3.05) is 17.6 Å². The summed E-state index contributed by atoms with van der Waals surface area (Å²) in [6.07, 6.45) is 4.00. The largest absolute Gasteiger partial charge is 0.431 e. The second-order valence-electron chi connectivity index (χ2n) is 6.94. The third-order valence-electron chi connectivity index (χ3n) is 4.28. The Morgan fingerprint density at radius 2 is 2.00 bits per heavy atom. The van der Waals surface area contributed by atoms with Gasteiger partial charge in [-0.3, -0.25) is 20.4 Å². The molecule has 164 valence electrons. The molecule has 3 heterocycles. The van der Waals surface area contributed by atoms with E-state index in [2.05, 4.69) is 40.5 Å². The number of aliphatic imine (C=N–C) groups is 1. The first kappa shape index (κ1) is 21.5. The summed E-state index contributed by atoms with van der Waals surface area (Å²) in [4.78, 5) is 37.2. The summed E-state index contributed by atoms with van der Waals surface area (Å²) in [6.45, 7) is 4.20. The maximum atomic E-state index is 12.6. The Morgan fingerprint density at radius 1 is 1.19 bits per heavy atom. The minimum atomic E-state index is -0.255. The van der Waals surface area contributed by atoms with Crippen molar-refractivity contribution in [2.45, 2.75) is 25.5 Å². The smallest absolute Gasteiger partial charge is 0.257 e. The zero-order chi connectivity index (χ0) is 22.3. The molecule has 10 nitrogen and oxygen atoms in total. The molecule has 32 heavy (non-hydrogen) atoms. The second kappa shape index (κ2) is 10.1. The summed E-state index contributed by atoms with van der Waals surface area (Å²) >= 11 is 1.21. The fourth-order valence-corrected chi connectivity index (χ4v) is 3.55. The van der Waals surface area contributed by atoms with Crippen LogP contribution >= 0.6 is 11.8 Å². The summed E-state index contributed by atoms with van der Waals surface area (Å²) in [5, 5.41) is 6.24. The number of rotatable bonds is 7. The van der Waals surface area contributed by atoms with E-state index in [9.17, 15) is 4.79 Å². The van der Waals surface area contributed by atoms with Gasteiger partial charge < -0.3 is 9.40 Å². The number of aryl methyl sites for hydroxylation is 2. The van der Waals surface area contributed by atoms with Crippen LogP contribution in [0.1, 0.15) is 17.1 Å². The molecule has 3 aromatic heterocycles. The predicted octanol–water partition coefficient (Wildman–Crippen LogP) is 2.88. The maximum Gasteiger partial charge on any atom is 0.257 e. The number of nitrogens with one attached hydrogen (secondary N) is 3. The van der Waals surface area contributed by atoms with Crippen LogP contribution in [-0.2, 0) is 11.2 Å². The quantitative estimate of drug-likeness (QED) is 0.222. The number of aromatic nitrogens is 5. The molecule has 0 saturated carbocycles. The van der Waals surface area contributed by atoms with E-state index in [1.165, 1.54) is 11.8 Å². The molecule has 4 rings (SSSR count). The first-order valence-corrected chi connectivity index (χ1v) is 10.9. The Bertz CT molecular complexity index is 1180. The van der Waals surface area contributed by atoms with Gasteiger partial charge in [0.2, 0.25) is 17.8 Å². The van der Waals surface area contributed by atoms with Gasteiger partial charge in [0, 0.05) is 36.2 Å². The molecule has 11 heteroatoms. The van der Waals surface area contributed by atoms with Crippen LogP contribution in [0, 0.1) is 13.8 Å². The molecule has 0 aliphatic carbocycles. The molecule has 3 N–H and O–H groups in total. The number of para-hydroxylation sites is 2. The van der Waals surface area contributed by atoms with Crippen molar-refractivity contribution in [3.63, 3.8) is 0 Å². The van der Waals surface area contributed by atoms with Crippen molar-refractivity contribution in [1.29, 1.82) is 0 Å². The van der Waals surface area contributed by atoms with Crippen molar-refractivity contribution in [1.82, 2.24) is 30.2 Å². The summed E-state index contributed by atoms with van der Waals surface area (Å²) in [6, 6.07) is 9.34. The number of imidazole rings is 1. The van der Waals surface area contributed by atoms with E-state index < -0.39 is 0 Å². The summed E-state index contributed by atoms with van der Waals surface area (Å²) in [5.74, 6) is 0.503. The van der Waals surface area contributed by atoms with Gasteiger partial charge in [0.1, 0.15) is 5.52 Å². The monoisotopic (exact) mass is 450 g/mol. The number of guanidine groups is 1. The molecular formula is C21H22N8O2S. The second-order valence-corrected chi connectivity index (χ2v) is 7.87. The Morgan fingerprint density at radius 3 is 2.75 bits per heavy atom. The van der Waals surface area contributed by atoms with Crippen LogP contribution in [0.2, 0.25) is 0 Å². The number of benzene rings is 1. The summed E-state index contributed by atoms with van der Waals surface area (Å²) < 4.78 is 5.65. The number of carbonyl (C=O) groups is 1. The zero-order valence-electron chi connectivity index (χ0n) is 17.6. The van der Waals surface area contributed by atoms with Gasteiger partial charge in [-0.2, -0.15) is 0 Å². The van der Waals surface area contributed by atoms with E-state index in [1.807, 2.05) is 44.2 Å². The number of fused-ring (bicyclic) bond motifs is 1. The molecular weight excluding hydrogens is 428 g/mol. The number of anilines is 1. The highest BCUT2D eigenvalue weighted by atomic mass is 32.2. The molecule has 1 aromatic carbocycles. The summed E-state index contributed by atoms with van der Waals surface area (Å²) in [7, 11) is 0. The number of hydrogen-bond donors (Lipinski definition) is 3. The average molecular weight is 451 g/mol. The summed E-state index contributed by atoms with van der Waals surface area (Å²) in [5.41, 5.74) is 4.02. The number of thioether (sulfide) groups is 1. The molecule has 0 unspecified atom stereocenters. The third-order valence-corrected chi connectivity index (χ3v) is 5.11. The Balaban J connectivity index is 1.41. The molecule has 4 aromatic rings. The van der Waals surface area contributed by atoms with Gasteiger partial charge in [-0.1, -0.05) is 23.9 Å². The first-order valence-electron chi connectivity index (χ1n) is 9.94. The van der Waals surface area contributed by atoms with Crippen molar-refractivity contribution in [2.24, 2.45) is 4.99 Å². The molecule has 0 bridgehead atoms. The van der Waals surface area contributed by atoms with Crippen molar-refractivity contribution < 1.29 is 9.21 Å². The topological polar surface area (TPSA) is 134 Å². The van der Waals surface area contributed by atoms with Crippen LogP contribution in [0.4, 0.5) is 5.95 Å². The van der Waals surface area contributed by atoms with Gasteiger partial charge in [0.05, 0.1) is 12.1 Å². The highest BCUT2D eigenvalue weighted by Crippen LogP contribution is 2.22. The molecule has 0 spiro atoms. The van der Waals surface area contributed by atoms with Gasteiger partial charge in [0.15, 0.2) is 5.58 Å². The number of nitrogens with zero attached hydrogens (tertiary/aromatic N) is 5. The van der Waals surface area contributed by atoms with E-state index >= 15 is 0 Å². The Labute approximate surface area is 188 Å². The Hall–Kier alpha value is -3.73. The zero-order valence-corrected chi connectivity index (χ0v) is 18.4. The standard InChI is InChI=1S/C21H22N8O2S/c1-13-9-14(2)26-20(25-13)29-19(23-8-7-15-10-22-12-24-15)28-18(30)11-32-21-27-16-5-3-4-6-17(16)31-21/h3-6,9-10,12H,7-8,11H2,1-2H3,(H,22,24)(H2,23,25,26,28,29,30). The normalized spacial score (nSPS) is 11.6. The number of H-pyrrole nitrogens is 1. The fraction of sp³-hybridized carbons (Fsp3) is 0.238. The molecule has 1 amide bonds. The molecule has 0 aliphatic heterocycles. The van der Waals surface area contributed by atoms with Crippen molar-refractivity contribution in [3.05, 3.63) is 59.9 Å². The number of carbonyl (C=O) groups excluding carboxylic acids is 1. The maximum absolute atomic E-state index is 12.6. The lowest BCUT2D eigenvalue weighted by molar-refractivity contribution is -0.117. The minimum absolute atomic E-state index is 0.113. The molecule has 0 atom stereocenters. The van der Waals surface area contributed by atoms with Gasteiger partial charge >= 0.3 is 0 Å². The van der Waals surface area contributed by atoms with Crippen LogP contribution in [0.15, 0.2) is 57.5 Å². The molecule has 0 saturated heterocycles. The van der Waals surface area contributed by atoms with Crippen LogP contribution in [0.25, 0.3) is 11.1 Å². The molecule has 0 aliphatic rings. The van der Waals surface area contributed by atoms with Gasteiger partial charge in [-0.05, 0) is 32.0 Å². The van der Waals surface area contributed by atoms with Gasteiger partial charge in [-0.15, -0.1) is 0 Å². The van der Waals surface area contributed by atoms with Crippen LogP contribution in [0.5, 0.6) is 0 Å². The van der Waals surface area contributed by atoms with Crippen LogP contribution in [0.3, 0.4) is 0 Å². The third kappa shape index (κ3) is 5.91. The van der Waals surface area contributed by atoms with E-state index in [4.69, 9.17) is 4.42 Å². The van der Waals surface area contributed by atoms with E-state index in [0.29, 0.717) is 29.7 Å². The number of hydrogen-bond acceptors (Lipinski definition) is 8. The van der Waals surface area contributed by atoms with Crippen LogP contribution < -0.4 is 10.6 Å². The van der Waals surface area contributed by atoms with E-state index in [1.54, 1.807) is 12.5 Å². The van der Waals surface area contributed by atoms with Crippen molar-refractivity contribution in [3.8, 4) is 0 Å². The van der Waals surface area contributed by atoms with Crippen LogP contribution in [-0.4, -0.2) is 49.1 Å². The molecule has 0 radical (unpaired) electrons. The Kier molecular flexibility index (Phi) is 6.75. The highest BCUT2D eigenvalue weighted by Gasteiger charge is 2.12. The van der Waals surface area contributed by atoms with E-state index in [0.717, 1.165) is 22.6 Å². The lowest BCUT2D eigenvalue weighted by Gasteiger charge is -2.11. The minimum Gasteiger partial charge on any atom is -0.431 e. The lowest BCUT2D eigenvalue weighted by atomic mass is 10.3. The lowest BCUT2D eigenvalue weighted by Crippen LogP contribution is -2.38. The van der Waals surface area contributed by atoms with E-state index in [-0.39, 0.29) is 17.6 Å². The number of aromatic amines is 1. The van der Waals surface area contributed by atoms with Crippen molar-refractivity contribution >= 4 is 40.7 Å². The number of oxazole rings is 1. The first-order chi connectivity index (χ1) is 15.5. The average Bonchev–Trinajstić information content (AvgIpc) is 3.41. The van der Waals surface area contributed by atoms with Gasteiger partial charge in [0.25, 0.3) is 5.22 Å². The number of amides is 1. The molecule has 0 fully saturated rings. The fourth-order valence-electron chi connectivity index (χ4n) is 2.92. The van der Waals surface area contributed by atoms with Gasteiger partial charge in [-0.25, -0.2) is 19.9 Å². The SMILES string of the molecule is Cc1cc(C)nc(NC(=NCCc2cnc[nH]2)NC(=O)CSc2nc3ccccc3o2)n1. The highest BCUT2D eigenvalue weighted by molar-refractivity contribution is 7.99. The predicted molar refractivity (Wildman–Crippen MR) is 123 cm³/mol.